The van der Waals surface area contributed by atoms with E-state index >= 15 is 0 Å². The molecule has 14 rings (SSSR count). The molecular formula is C56H43N3O6S2. The van der Waals surface area contributed by atoms with Crippen LogP contribution in [0.4, 0.5) is 0 Å². The lowest BCUT2D eigenvalue weighted by atomic mass is 10.2. The van der Waals surface area contributed by atoms with Gasteiger partial charge in [-0.3, -0.25) is 4.79 Å². The second-order valence-corrected chi connectivity index (χ2v) is 16.2. The summed E-state index contributed by atoms with van der Waals surface area (Å²) in [5.74, 6) is 1.69. The van der Waals surface area contributed by atoms with E-state index in [2.05, 4.69) is 74.9 Å². The molecule has 9 nitrogen and oxygen atoms in total. The Morgan fingerprint density at radius 3 is 1.79 bits per heavy atom. The molecule has 0 aliphatic carbocycles. The summed E-state index contributed by atoms with van der Waals surface area (Å²) in [4.78, 5) is 32.1. The summed E-state index contributed by atoms with van der Waals surface area (Å²) in [6.07, 6.45) is 5.31. The number of para-hydroxylation sites is 7. The lowest BCUT2D eigenvalue weighted by Crippen LogP contribution is -1.98. The highest BCUT2D eigenvalue weighted by Gasteiger charge is 2.09. The average Bonchev–Trinajstić information content (AvgIpc) is 4.26. The van der Waals surface area contributed by atoms with Crippen LogP contribution in [0.3, 0.4) is 0 Å². The van der Waals surface area contributed by atoms with Crippen LogP contribution in [0, 0.1) is 0 Å². The van der Waals surface area contributed by atoms with E-state index in [1.165, 1.54) is 37.8 Å². The number of aromatic amines is 2. The normalized spacial score (nSPS) is 10.7. The molecule has 0 bridgehead atoms. The van der Waals surface area contributed by atoms with Gasteiger partial charge in [0, 0.05) is 56.4 Å². The molecule has 11 heteroatoms. The summed E-state index contributed by atoms with van der Waals surface area (Å²) in [5, 5.41) is 7.60. The maximum absolute atomic E-state index is 11.2. The number of nitrogens with one attached hydrogen (secondary N) is 2. The minimum absolute atomic E-state index is 0.0688. The topological polar surface area (TPSA) is 123 Å². The first-order chi connectivity index (χ1) is 33.1. The maximum Gasteiger partial charge on any atom is 0.336 e. The van der Waals surface area contributed by atoms with Crippen molar-refractivity contribution in [1.82, 2.24) is 15.0 Å². The molecule has 1 aliphatic heterocycles. The Balaban J connectivity index is 0.000000106. The fraction of sp³-hybridized carbons (Fsp3) is 0.0179. The molecule has 13 aromatic rings. The van der Waals surface area contributed by atoms with Crippen LogP contribution in [0.1, 0.15) is 0 Å². The smallest absolute Gasteiger partial charge is 0.336 e. The molecule has 0 fully saturated rings. The minimum atomic E-state index is -0.302. The Hall–Kier alpha value is -8.51. The van der Waals surface area contributed by atoms with E-state index in [-0.39, 0.29) is 11.1 Å². The van der Waals surface area contributed by atoms with Gasteiger partial charge in [-0.1, -0.05) is 109 Å². The molecule has 0 atom stereocenters. The second kappa shape index (κ2) is 23.4. The Morgan fingerprint density at radius 2 is 1.06 bits per heavy atom. The van der Waals surface area contributed by atoms with Crippen LogP contribution < -0.4 is 20.5 Å². The van der Waals surface area contributed by atoms with Crippen LogP contribution in [0.15, 0.2) is 254 Å². The molecule has 0 amide bonds. The third-order valence-corrected chi connectivity index (χ3v) is 11.6. The minimum Gasteiger partial charge on any atom is -0.464 e. The number of furan rings is 1. The average molecular weight is 918 g/mol. The molecule has 0 saturated carbocycles. The highest BCUT2D eigenvalue weighted by Crippen LogP contribution is 2.30. The van der Waals surface area contributed by atoms with Gasteiger partial charge in [0.15, 0.2) is 16.9 Å². The first-order valence-electron chi connectivity index (χ1n) is 21.1. The van der Waals surface area contributed by atoms with E-state index in [0.717, 1.165) is 44.3 Å². The predicted molar refractivity (Wildman–Crippen MR) is 276 cm³/mol. The third-order valence-electron chi connectivity index (χ3n) is 9.90. The Morgan fingerprint density at radius 1 is 0.463 bits per heavy atom. The van der Waals surface area contributed by atoms with Gasteiger partial charge < -0.3 is 28.3 Å². The highest BCUT2D eigenvalue weighted by atomic mass is 32.1. The van der Waals surface area contributed by atoms with Gasteiger partial charge in [-0.15, -0.1) is 22.7 Å². The largest absolute Gasteiger partial charge is 0.464 e. The number of H-pyrrole nitrogens is 2. The van der Waals surface area contributed by atoms with Gasteiger partial charge in [0.2, 0.25) is 6.79 Å². The molecule has 0 saturated heterocycles. The van der Waals surface area contributed by atoms with E-state index in [9.17, 15) is 9.59 Å². The van der Waals surface area contributed by atoms with Crippen molar-refractivity contribution in [2.24, 2.45) is 0 Å². The van der Waals surface area contributed by atoms with Crippen LogP contribution in [0.5, 0.6) is 11.5 Å². The summed E-state index contributed by atoms with van der Waals surface area (Å²) in [6, 6.07) is 66.1. The van der Waals surface area contributed by atoms with Crippen LogP contribution in [0.25, 0.3) is 64.0 Å². The molecular weight excluding hydrogens is 875 g/mol. The number of thiophene rings is 1. The van der Waals surface area contributed by atoms with Gasteiger partial charge in [-0.2, -0.15) is 0 Å². The molecule has 67 heavy (non-hydrogen) atoms. The molecule has 0 spiro atoms. The van der Waals surface area contributed by atoms with E-state index < -0.39 is 0 Å². The highest BCUT2D eigenvalue weighted by molar-refractivity contribution is 7.17. The molecule has 6 aromatic heterocycles. The van der Waals surface area contributed by atoms with E-state index in [4.69, 9.17) is 18.3 Å². The fourth-order valence-electron chi connectivity index (χ4n) is 6.59. The number of ether oxygens (including phenoxy) is 2. The number of pyridine rings is 1. The van der Waals surface area contributed by atoms with Gasteiger partial charge in [0.25, 0.3) is 0 Å². The predicted octanol–water partition coefficient (Wildman–Crippen LogP) is 14.5. The maximum atomic E-state index is 11.2. The Kier molecular flexibility index (Phi) is 15.8. The third kappa shape index (κ3) is 12.8. The first kappa shape index (κ1) is 45.1. The summed E-state index contributed by atoms with van der Waals surface area (Å²) in [7, 11) is 0. The van der Waals surface area contributed by atoms with Crippen LogP contribution in [-0.2, 0) is 0 Å². The summed E-state index contributed by atoms with van der Waals surface area (Å²) >= 11 is 3.46. The molecule has 1 aliphatic rings. The molecule has 0 unspecified atom stereocenters. The van der Waals surface area contributed by atoms with Crippen molar-refractivity contribution >= 4 is 86.7 Å². The SMILES string of the molecule is O=c1cc[nH]c2ccccc12.O=c1ccc2ccccc2o1.c1ccc2[nH]ccc2c1.c1ccc2c(c1)OCO2.c1ccc2occc2c1.c1ccc2sccc2c1.c1ccc2scnc2c1. The monoisotopic (exact) mass is 917 g/mol. The molecule has 7 aromatic carbocycles. The standard InChI is InChI=1S/C9H7NO.C9H6O2.C8H7N.C8H6O.C8H6S.C7H5NS.C7H6O2/c11-9-5-6-10-8-4-2-1-3-7(8)9;10-9-6-5-7-3-1-2-4-8(7)11-9;3*1-2-4-8-7(3-1)5-6-9-8;2*1-2-4-7-6(3-1)8-5-9-7/h1-6H,(H,10,11);1-6H;1-6,9H;2*1-6H;1-5H;1-4H,5H2. The van der Waals surface area contributed by atoms with Gasteiger partial charge in [-0.05, 0) is 101 Å². The van der Waals surface area contributed by atoms with Gasteiger partial charge in [0.05, 0.1) is 22.0 Å². The summed E-state index contributed by atoms with van der Waals surface area (Å²) in [6.45, 7) is 0.360. The quantitative estimate of drug-likeness (QED) is 0.145. The van der Waals surface area contributed by atoms with E-state index in [1.807, 2.05) is 139 Å². The van der Waals surface area contributed by atoms with Gasteiger partial charge in [-0.25, -0.2) is 9.78 Å². The number of benzene rings is 7. The zero-order chi connectivity index (χ0) is 45.9. The van der Waals surface area contributed by atoms with Crippen molar-refractivity contribution in [3.8, 4) is 11.5 Å². The Labute approximate surface area is 392 Å². The summed E-state index contributed by atoms with van der Waals surface area (Å²) < 4.78 is 22.8. The van der Waals surface area contributed by atoms with Crippen molar-refractivity contribution in [3.05, 3.63) is 256 Å². The van der Waals surface area contributed by atoms with Crippen LogP contribution in [-0.4, -0.2) is 21.7 Å². The Bertz CT molecular complexity index is 3260. The molecule has 7 heterocycles. The fourth-order valence-corrected chi connectivity index (χ4v) is 8.06. The van der Waals surface area contributed by atoms with Gasteiger partial charge >= 0.3 is 5.63 Å². The number of nitrogens with zero attached hydrogens (tertiary/aromatic N) is 1. The second-order valence-electron chi connectivity index (χ2n) is 14.3. The van der Waals surface area contributed by atoms with Crippen molar-refractivity contribution in [1.29, 1.82) is 0 Å². The number of aromatic nitrogens is 3. The first-order valence-corrected chi connectivity index (χ1v) is 22.9. The zero-order valence-electron chi connectivity index (χ0n) is 35.9. The number of fused-ring (bicyclic) bond motifs is 7. The number of thiazole rings is 1. The van der Waals surface area contributed by atoms with Crippen molar-refractivity contribution in [3.63, 3.8) is 0 Å². The van der Waals surface area contributed by atoms with Gasteiger partial charge in [0.1, 0.15) is 11.2 Å². The number of rotatable bonds is 0. The number of hydrogen-bond acceptors (Lipinski definition) is 9. The molecule has 330 valence electrons. The van der Waals surface area contributed by atoms with Crippen molar-refractivity contribution < 1.29 is 18.3 Å². The zero-order valence-corrected chi connectivity index (χ0v) is 37.6. The van der Waals surface area contributed by atoms with E-state index in [1.54, 1.807) is 47.3 Å². The van der Waals surface area contributed by atoms with E-state index in [0.29, 0.717) is 12.4 Å². The van der Waals surface area contributed by atoms with Crippen LogP contribution in [0.2, 0.25) is 0 Å². The van der Waals surface area contributed by atoms with Crippen LogP contribution >= 0.6 is 22.7 Å². The lowest BCUT2D eigenvalue weighted by molar-refractivity contribution is 0.174. The lowest BCUT2D eigenvalue weighted by Gasteiger charge is -1.92. The molecule has 0 radical (unpaired) electrons. The summed E-state index contributed by atoms with van der Waals surface area (Å²) in [5.41, 5.74) is 6.42. The number of hydrogen-bond donors (Lipinski definition) is 2. The van der Waals surface area contributed by atoms with Crippen molar-refractivity contribution in [2.75, 3.05) is 6.79 Å². The van der Waals surface area contributed by atoms with Crippen molar-refractivity contribution in [2.45, 2.75) is 0 Å². The molecule has 2 N–H and O–H groups in total.